The standard InChI is InChI=1S/C16H16FN3/c1-10-6-7-12(17)8-13(10)16-19-15-11(9-18)4-3-5-14(15)20(16)2/h3-8H,9,18H2,1-2H3. The highest BCUT2D eigenvalue weighted by atomic mass is 19.1. The number of hydrogen-bond acceptors (Lipinski definition) is 2. The first-order valence-corrected chi connectivity index (χ1v) is 6.52. The number of rotatable bonds is 2. The average molecular weight is 269 g/mol. The van der Waals surface area contributed by atoms with Crippen LogP contribution in [-0.4, -0.2) is 9.55 Å². The van der Waals surface area contributed by atoms with Crippen molar-refractivity contribution in [2.75, 3.05) is 0 Å². The molecule has 3 nitrogen and oxygen atoms in total. The topological polar surface area (TPSA) is 43.8 Å². The first-order valence-electron chi connectivity index (χ1n) is 6.52. The molecule has 0 saturated carbocycles. The number of halogens is 1. The molecular weight excluding hydrogens is 253 g/mol. The molecule has 0 bridgehead atoms. The Bertz CT molecular complexity index is 790. The van der Waals surface area contributed by atoms with E-state index in [4.69, 9.17) is 5.73 Å². The zero-order chi connectivity index (χ0) is 14.3. The maximum Gasteiger partial charge on any atom is 0.141 e. The lowest BCUT2D eigenvalue weighted by Crippen LogP contribution is -1.97. The summed E-state index contributed by atoms with van der Waals surface area (Å²) in [6.07, 6.45) is 0. The number of fused-ring (bicyclic) bond motifs is 1. The predicted octanol–water partition coefficient (Wildman–Crippen LogP) is 3.15. The number of imidazole rings is 1. The third kappa shape index (κ3) is 1.89. The lowest BCUT2D eigenvalue weighted by atomic mass is 10.1. The quantitative estimate of drug-likeness (QED) is 0.776. The highest BCUT2D eigenvalue weighted by Crippen LogP contribution is 2.28. The van der Waals surface area contributed by atoms with Crippen LogP contribution in [0.25, 0.3) is 22.4 Å². The summed E-state index contributed by atoms with van der Waals surface area (Å²) in [5.74, 6) is 0.509. The average Bonchev–Trinajstić information content (AvgIpc) is 2.79. The number of aromatic nitrogens is 2. The van der Waals surface area contributed by atoms with E-state index in [1.807, 2.05) is 36.7 Å². The van der Waals surface area contributed by atoms with Crippen LogP contribution in [0.5, 0.6) is 0 Å². The SMILES string of the molecule is Cc1ccc(F)cc1-c1nc2c(CN)cccc2n1C. The van der Waals surface area contributed by atoms with Gasteiger partial charge in [-0.1, -0.05) is 18.2 Å². The van der Waals surface area contributed by atoms with Gasteiger partial charge >= 0.3 is 0 Å². The second-order valence-electron chi connectivity index (χ2n) is 4.94. The smallest absolute Gasteiger partial charge is 0.141 e. The molecule has 0 aliphatic rings. The van der Waals surface area contributed by atoms with Gasteiger partial charge in [-0.15, -0.1) is 0 Å². The Labute approximate surface area is 116 Å². The Kier molecular flexibility index (Phi) is 3.03. The van der Waals surface area contributed by atoms with E-state index < -0.39 is 0 Å². The van der Waals surface area contributed by atoms with Crippen molar-refractivity contribution in [1.29, 1.82) is 0 Å². The van der Waals surface area contributed by atoms with Gasteiger partial charge in [0.05, 0.1) is 11.0 Å². The number of para-hydroxylation sites is 1. The summed E-state index contributed by atoms with van der Waals surface area (Å²) in [7, 11) is 1.94. The molecule has 0 atom stereocenters. The van der Waals surface area contributed by atoms with Crippen molar-refractivity contribution in [1.82, 2.24) is 9.55 Å². The highest BCUT2D eigenvalue weighted by Gasteiger charge is 2.14. The van der Waals surface area contributed by atoms with Crippen LogP contribution in [0, 0.1) is 12.7 Å². The maximum absolute atomic E-state index is 13.5. The fraction of sp³-hybridized carbons (Fsp3) is 0.188. The first-order chi connectivity index (χ1) is 9.61. The number of benzene rings is 2. The molecule has 0 radical (unpaired) electrons. The number of nitrogens with zero attached hydrogens (tertiary/aromatic N) is 2. The van der Waals surface area contributed by atoms with Crippen molar-refractivity contribution in [2.45, 2.75) is 13.5 Å². The molecule has 3 rings (SSSR count). The molecule has 1 aromatic heterocycles. The lowest BCUT2D eigenvalue weighted by Gasteiger charge is -2.06. The Morgan fingerprint density at radius 2 is 2.05 bits per heavy atom. The Morgan fingerprint density at radius 1 is 1.25 bits per heavy atom. The highest BCUT2D eigenvalue weighted by molar-refractivity contribution is 5.84. The predicted molar refractivity (Wildman–Crippen MR) is 78.7 cm³/mol. The van der Waals surface area contributed by atoms with Crippen molar-refractivity contribution < 1.29 is 4.39 Å². The molecule has 0 spiro atoms. The molecule has 0 amide bonds. The van der Waals surface area contributed by atoms with Crippen molar-refractivity contribution in [2.24, 2.45) is 12.8 Å². The minimum absolute atomic E-state index is 0.253. The van der Waals surface area contributed by atoms with Gasteiger partial charge in [-0.05, 0) is 36.2 Å². The van der Waals surface area contributed by atoms with Gasteiger partial charge in [0.1, 0.15) is 11.6 Å². The molecule has 102 valence electrons. The third-order valence-electron chi connectivity index (χ3n) is 3.66. The van der Waals surface area contributed by atoms with Gasteiger partial charge in [-0.3, -0.25) is 0 Å². The summed E-state index contributed by atoms with van der Waals surface area (Å²) < 4.78 is 15.5. The lowest BCUT2D eigenvalue weighted by molar-refractivity contribution is 0.627. The Balaban J connectivity index is 2.32. The second kappa shape index (κ2) is 4.72. The van der Waals surface area contributed by atoms with Crippen LogP contribution in [-0.2, 0) is 13.6 Å². The summed E-state index contributed by atoms with van der Waals surface area (Å²) >= 11 is 0. The zero-order valence-electron chi connectivity index (χ0n) is 11.5. The molecular formula is C16H16FN3. The van der Waals surface area contributed by atoms with Crippen molar-refractivity contribution in [3.8, 4) is 11.4 Å². The summed E-state index contributed by atoms with van der Waals surface area (Å²) in [5.41, 5.74) is 10.5. The first kappa shape index (κ1) is 12.8. The fourth-order valence-electron chi connectivity index (χ4n) is 2.51. The van der Waals surface area contributed by atoms with Crippen LogP contribution in [0.15, 0.2) is 36.4 Å². The molecule has 1 heterocycles. The molecule has 2 N–H and O–H groups in total. The summed E-state index contributed by atoms with van der Waals surface area (Å²) in [4.78, 5) is 4.67. The van der Waals surface area contributed by atoms with Gasteiger partial charge < -0.3 is 10.3 Å². The van der Waals surface area contributed by atoms with Gasteiger partial charge in [0, 0.05) is 19.2 Å². The fourth-order valence-corrected chi connectivity index (χ4v) is 2.51. The van der Waals surface area contributed by atoms with Crippen LogP contribution in [0.3, 0.4) is 0 Å². The van der Waals surface area contributed by atoms with E-state index in [-0.39, 0.29) is 5.82 Å². The number of aryl methyl sites for hydroxylation is 2. The Morgan fingerprint density at radius 3 is 2.80 bits per heavy atom. The van der Waals surface area contributed by atoms with Crippen molar-refractivity contribution in [3.05, 3.63) is 53.3 Å². The largest absolute Gasteiger partial charge is 0.327 e. The van der Waals surface area contributed by atoms with Gasteiger partial charge in [-0.25, -0.2) is 9.37 Å². The summed E-state index contributed by atoms with van der Waals surface area (Å²) in [6, 6.07) is 10.7. The van der Waals surface area contributed by atoms with Gasteiger partial charge in [-0.2, -0.15) is 0 Å². The second-order valence-corrected chi connectivity index (χ2v) is 4.94. The monoisotopic (exact) mass is 269 g/mol. The minimum Gasteiger partial charge on any atom is -0.327 e. The third-order valence-corrected chi connectivity index (χ3v) is 3.66. The van der Waals surface area contributed by atoms with Crippen LogP contribution in [0.1, 0.15) is 11.1 Å². The van der Waals surface area contributed by atoms with Crippen LogP contribution >= 0.6 is 0 Å². The number of hydrogen-bond donors (Lipinski definition) is 1. The molecule has 2 aromatic carbocycles. The van der Waals surface area contributed by atoms with E-state index >= 15 is 0 Å². The molecule has 4 heteroatoms. The molecule has 3 aromatic rings. The van der Waals surface area contributed by atoms with E-state index in [1.54, 1.807) is 6.07 Å². The zero-order valence-corrected chi connectivity index (χ0v) is 11.5. The van der Waals surface area contributed by atoms with Crippen molar-refractivity contribution in [3.63, 3.8) is 0 Å². The molecule has 20 heavy (non-hydrogen) atoms. The Hall–Kier alpha value is -2.20. The molecule has 0 fully saturated rings. The van der Waals surface area contributed by atoms with E-state index in [0.717, 1.165) is 33.5 Å². The van der Waals surface area contributed by atoms with E-state index in [1.165, 1.54) is 12.1 Å². The molecule has 0 aliphatic heterocycles. The van der Waals surface area contributed by atoms with Gasteiger partial charge in [0.2, 0.25) is 0 Å². The van der Waals surface area contributed by atoms with Gasteiger partial charge in [0.15, 0.2) is 0 Å². The minimum atomic E-state index is -0.253. The molecule has 0 aliphatic carbocycles. The van der Waals surface area contributed by atoms with E-state index in [9.17, 15) is 4.39 Å². The van der Waals surface area contributed by atoms with E-state index in [0.29, 0.717) is 6.54 Å². The van der Waals surface area contributed by atoms with Crippen LogP contribution in [0.4, 0.5) is 4.39 Å². The van der Waals surface area contributed by atoms with Gasteiger partial charge in [0.25, 0.3) is 0 Å². The molecule has 0 unspecified atom stereocenters. The van der Waals surface area contributed by atoms with E-state index in [2.05, 4.69) is 4.98 Å². The van der Waals surface area contributed by atoms with Crippen LogP contribution < -0.4 is 5.73 Å². The summed E-state index contributed by atoms with van der Waals surface area (Å²) in [6.45, 7) is 2.40. The van der Waals surface area contributed by atoms with Crippen LogP contribution in [0.2, 0.25) is 0 Å². The molecule has 0 saturated heterocycles. The maximum atomic E-state index is 13.5. The number of nitrogens with two attached hydrogens (primary N) is 1. The normalized spacial score (nSPS) is 11.2. The van der Waals surface area contributed by atoms with Crippen molar-refractivity contribution >= 4 is 11.0 Å². The summed E-state index contributed by atoms with van der Waals surface area (Å²) in [5, 5.41) is 0.